The molecule has 0 spiro atoms. The molecule has 2 nitrogen and oxygen atoms in total. The van der Waals surface area contributed by atoms with Crippen LogP contribution in [0.3, 0.4) is 0 Å². The quantitative estimate of drug-likeness (QED) is 0.578. The average Bonchev–Trinajstić information content (AvgIpc) is 2.16. The monoisotopic (exact) mass is 235 g/mol. The van der Waals surface area contributed by atoms with Gasteiger partial charge in [0.1, 0.15) is 0 Å². The molecule has 0 atom stereocenters. The van der Waals surface area contributed by atoms with Crippen LogP contribution in [0.2, 0.25) is 0 Å². The minimum Gasteiger partial charge on any atom is -0.448 e. The molecule has 1 aromatic rings. The van der Waals surface area contributed by atoms with Gasteiger partial charge in [0.2, 0.25) is 0 Å². The van der Waals surface area contributed by atoms with Gasteiger partial charge in [-0.2, -0.15) is 0 Å². The Labute approximate surface area is 120 Å². The smallest absolute Gasteiger partial charge is 0.448 e. The number of hydrogen-bond acceptors (Lipinski definition) is 2. The summed E-state index contributed by atoms with van der Waals surface area (Å²) < 4.78 is 36.4. The Morgan fingerprint density at radius 3 is 2.38 bits per heavy atom. The maximum Gasteiger partial charge on any atom is 1.00 e. The second kappa shape index (κ2) is 5.13. The Bertz CT molecular complexity index is 333. The summed E-state index contributed by atoms with van der Waals surface area (Å²) in [4.78, 5) is 10.3. The molecule has 0 saturated carbocycles. The molecule has 1 heterocycles. The molecule has 13 heavy (non-hydrogen) atoms. The largest absolute Gasteiger partial charge is 1.00 e. The molecule has 0 N–H and O–H groups in total. The number of aryl methyl sites for hydroxylation is 1. The number of hydrogen-bond donors (Lipinski definition) is 0. The zero-order valence-electron chi connectivity index (χ0n) is 7.26. The zero-order chi connectivity index (χ0) is 9.35. The Hall–Kier alpha value is 0.921. The van der Waals surface area contributed by atoms with E-state index in [1.807, 2.05) is 0 Å². The zero-order valence-corrected chi connectivity index (χ0v) is 11.2. The number of halogens is 3. The van der Waals surface area contributed by atoms with Crippen LogP contribution < -0.4 is 56.3 Å². The summed E-state index contributed by atoms with van der Waals surface area (Å²) in [6.07, 6.45) is -1.13. The van der Waals surface area contributed by atoms with Crippen LogP contribution in [0.15, 0.2) is 10.2 Å². The molecule has 1 aromatic heterocycles. The van der Waals surface area contributed by atoms with Gasteiger partial charge in [0.05, 0.1) is 0 Å². The van der Waals surface area contributed by atoms with E-state index in [1.54, 1.807) is 0 Å². The molecule has 0 bridgehead atoms. The summed E-state index contributed by atoms with van der Waals surface area (Å²) in [7, 11) is 0. The fourth-order valence-corrected chi connectivity index (χ4v) is 1.58. The first-order valence-electron chi connectivity index (χ1n) is 3.26. The Morgan fingerprint density at radius 2 is 2.08 bits per heavy atom. The van der Waals surface area contributed by atoms with E-state index in [0.29, 0.717) is 5.69 Å². The molecule has 1 rings (SSSR count). The van der Waals surface area contributed by atoms with Crippen LogP contribution in [0.4, 0.5) is 12.9 Å². The van der Waals surface area contributed by atoms with Crippen molar-refractivity contribution < 1.29 is 64.3 Å². The summed E-state index contributed by atoms with van der Waals surface area (Å²) in [6, 6.07) is 0. The molecular weight excluding hydrogens is 229 g/mol. The van der Waals surface area contributed by atoms with Crippen molar-refractivity contribution in [3.8, 4) is 0 Å². The molecule has 0 radical (unpaired) electrons. The van der Waals surface area contributed by atoms with Crippen LogP contribution >= 0.6 is 11.3 Å². The van der Waals surface area contributed by atoms with Gasteiger partial charge >= 0.3 is 63.2 Å². The summed E-state index contributed by atoms with van der Waals surface area (Å²) >= 11 is 0.789. The normalized spacial score (nSPS) is 11.1. The third-order valence-corrected chi connectivity index (χ3v) is 2.25. The molecule has 68 valence electrons. The topological polar surface area (TPSA) is 22.0 Å². The first kappa shape index (κ1) is 13.9. The van der Waals surface area contributed by atoms with E-state index < -0.39 is 18.3 Å². The van der Waals surface area contributed by atoms with Crippen LogP contribution in [0, 0.1) is 6.92 Å². The van der Waals surface area contributed by atoms with E-state index in [-0.39, 0.29) is 51.4 Å². The van der Waals surface area contributed by atoms with Crippen LogP contribution in [-0.2, 0) is 6.44 Å². The van der Waals surface area contributed by atoms with Crippen LogP contribution in [0.5, 0.6) is 0 Å². The Kier molecular flexibility index (Phi) is 5.49. The van der Waals surface area contributed by atoms with E-state index in [1.165, 1.54) is 12.3 Å². The van der Waals surface area contributed by atoms with Crippen LogP contribution in [0.1, 0.15) is 5.69 Å². The minimum absolute atomic E-state index is 0. The van der Waals surface area contributed by atoms with Crippen LogP contribution in [-0.4, -0.2) is 11.5 Å². The van der Waals surface area contributed by atoms with Gasteiger partial charge in [0, 0.05) is 11.1 Å². The third kappa shape index (κ3) is 4.30. The number of rotatable bonds is 2. The Morgan fingerprint density at radius 1 is 1.54 bits per heavy atom. The van der Waals surface area contributed by atoms with Gasteiger partial charge in [-0.15, -0.1) is 0 Å². The predicted molar refractivity (Wildman–Crippen MR) is 42.4 cm³/mol. The maximum absolute atomic E-state index is 11.9. The van der Waals surface area contributed by atoms with Gasteiger partial charge in [0.15, 0.2) is 0 Å². The summed E-state index contributed by atoms with van der Waals surface area (Å²) in [5.74, 6) is 0. The molecule has 0 amide bonds. The second-order valence-electron chi connectivity index (χ2n) is 2.46. The number of thiazole rings is 1. The van der Waals surface area contributed by atoms with Crippen molar-refractivity contribution in [1.29, 1.82) is 0 Å². The predicted octanol–water partition coefficient (Wildman–Crippen LogP) is -1.39. The molecule has 0 aliphatic heterocycles. The first-order valence-corrected chi connectivity index (χ1v) is 4.14. The van der Waals surface area contributed by atoms with Gasteiger partial charge in [0.25, 0.3) is 0 Å². The molecule has 0 aliphatic rings. The van der Waals surface area contributed by atoms with E-state index in [9.17, 15) is 17.7 Å². The number of nitrogens with zero attached hydrogens (tertiary/aromatic N) is 1. The van der Waals surface area contributed by atoms with Crippen LogP contribution in [0.25, 0.3) is 0 Å². The molecular formula is C5H6BF3KNOS. The second-order valence-corrected chi connectivity index (χ2v) is 3.28. The summed E-state index contributed by atoms with van der Waals surface area (Å²) in [5, 5.41) is 1.42. The van der Waals surface area contributed by atoms with Crippen molar-refractivity contribution in [3.05, 3.63) is 20.7 Å². The fraction of sp³-hybridized carbons (Fsp3) is 0.400. The van der Waals surface area contributed by atoms with Gasteiger partial charge in [-0.1, -0.05) is 11.3 Å². The van der Waals surface area contributed by atoms with Crippen molar-refractivity contribution in [2.45, 2.75) is 13.4 Å². The van der Waals surface area contributed by atoms with Crippen molar-refractivity contribution in [3.63, 3.8) is 0 Å². The standard InChI is InChI=1S/C5H6BF3NOS.K/c1-4-2-12-5(11)10(4)3-6(7,8)9;/h2H,3H2,1H3;/q-1;+1. The number of aromatic nitrogens is 1. The Balaban J connectivity index is 0.00000144. The molecule has 8 heteroatoms. The van der Waals surface area contributed by atoms with E-state index in [4.69, 9.17) is 0 Å². The summed E-state index contributed by atoms with van der Waals surface area (Å²) in [5.41, 5.74) is 0.365. The van der Waals surface area contributed by atoms with Crippen molar-refractivity contribution >= 4 is 18.3 Å². The first-order chi connectivity index (χ1) is 5.40. The molecule has 0 aromatic carbocycles. The molecule has 0 aliphatic carbocycles. The van der Waals surface area contributed by atoms with Gasteiger partial charge < -0.3 is 17.5 Å². The van der Waals surface area contributed by atoms with Gasteiger partial charge in [-0.25, -0.2) is 0 Å². The average molecular weight is 235 g/mol. The SMILES string of the molecule is Cc1csc(=O)n1C[B-](F)(F)F.[K+]. The van der Waals surface area contributed by atoms with Gasteiger partial charge in [-0.05, 0) is 13.4 Å². The van der Waals surface area contributed by atoms with E-state index >= 15 is 0 Å². The molecule has 0 unspecified atom stereocenters. The molecule has 0 saturated heterocycles. The van der Waals surface area contributed by atoms with Crippen molar-refractivity contribution in [2.24, 2.45) is 0 Å². The summed E-state index contributed by atoms with van der Waals surface area (Å²) in [6.45, 7) is -3.44. The molecule has 0 fully saturated rings. The third-order valence-electron chi connectivity index (χ3n) is 1.37. The van der Waals surface area contributed by atoms with Crippen molar-refractivity contribution in [1.82, 2.24) is 4.57 Å². The maximum atomic E-state index is 11.9. The van der Waals surface area contributed by atoms with Crippen molar-refractivity contribution in [2.75, 3.05) is 0 Å². The van der Waals surface area contributed by atoms with E-state index in [0.717, 1.165) is 15.9 Å². The van der Waals surface area contributed by atoms with E-state index in [2.05, 4.69) is 0 Å². The van der Waals surface area contributed by atoms with Gasteiger partial charge in [-0.3, -0.25) is 4.79 Å². The fourth-order valence-electron chi connectivity index (χ4n) is 0.832. The minimum atomic E-state index is -4.92.